The zero-order chi connectivity index (χ0) is 18.4. The summed E-state index contributed by atoms with van der Waals surface area (Å²) >= 11 is 12.5. The van der Waals surface area contributed by atoms with Gasteiger partial charge in [0.25, 0.3) is 5.56 Å². The van der Waals surface area contributed by atoms with Crippen molar-refractivity contribution in [2.24, 2.45) is 0 Å². The zero-order valence-electron chi connectivity index (χ0n) is 11.8. The number of alkyl halides is 3. The Labute approximate surface area is 150 Å². The van der Waals surface area contributed by atoms with E-state index in [1.165, 1.54) is 17.5 Å². The predicted molar refractivity (Wildman–Crippen MR) is 86.6 cm³/mol. The fourth-order valence-corrected chi connectivity index (χ4v) is 3.24. The van der Waals surface area contributed by atoms with Crippen molar-refractivity contribution in [1.29, 1.82) is 0 Å². The molecule has 0 fully saturated rings. The molecule has 0 unspecified atom stereocenters. The molecule has 0 amide bonds. The van der Waals surface area contributed by atoms with Crippen LogP contribution < -0.4 is 11.2 Å². The van der Waals surface area contributed by atoms with Crippen molar-refractivity contribution in [1.82, 2.24) is 19.5 Å². The summed E-state index contributed by atoms with van der Waals surface area (Å²) in [5.41, 5.74) is -3.01. The van der Waals surface area contributed by atoms with Crippen molar-refractivity contribution in [3.63, 3.8) is 0 Å². The van der Waals surface area contributed by atoms with Crippen molar-refractivity contribution in [3.05, 3.63) is 60.4 Å². The Bertz CT molecular complexity index is 1020. The number of pyridine rings is 1. The lowest BCUT2D eigenvalue weighted by Gasteiger charge is -2.06. The highest BCUT2D eigenvalue weighted by molar-refractivity contribution is 7.12. The first-order chi connectivity index (χ1) is 11.6. The quantitative estimate of drug-likeness (QED) is 0.659. The topological polar surface area (TPSA) is 80.6 Å². The van der Waals surface area contributed by atoms with Crippen LogP contribution in [0.2, 0.25) is 10.3 Å². The first-order valence-electron chi connectivity index (χ1n) is 6.38. The van der Waals surface area contributed by atoms with Crippen molar-refractivity contribution in [2.45, 2.75) is 6.18 Å². The van der Waals surface area contributed by atoms with Crippen molar-refractivity contribution in [3.8, 4) is 16.4 Å². The first-order valence-corrected chi connectivity index (χ1v) is 8.01. The number of H-pyrrole nitrogens is 1. The number of aromatic nitrogens is 4. The van der Waals surface area contributed by atoms with E-state index in [-0.39, 0.29) is 15.4 Å². The molecule has 0 aliphatic rings. The molecule has 0 bridgehead atoms. The second-order valence-electron chi connectivity index (χ2n) is 4.68. The molecule has 0 saturated heterocycles. The van der Waals surface area contributed by atoms with Crippen LogP contribution in [0, 0.1) is 0 Å². The van der Waals surface area contributed by atoms with E-state index in [1.54, 1.807) is 4.98 Å². The molecule has 0 spiro atoms. The minimum absolute atomic E-state index is 0.0981. The van der Waals surface area contributed by atoms with Crippen molar-refractivity contribution >= 4 is 34.5 Å². The summed E-state index contributed by atoms with van der Waals surface area (Å²) in [4.78, 5) is 33.3. The molecule has 6 nitrogen and oxygen atoms in total. The molecule has 3 heterocycles. The van der Waals surface area contributed by atoms with Gasteiger partial charge >= 0.3 is 11.9 Å². The SMILES string of the molecule is O=c1cc(C(F)(F)F)[nH]c(=O)n1-c1nc(-c2cc(Cl)nc(Cl)c2)cs1. The Kier molecular flexibility index (Phi) is 4.43. The summed E-state index contributed by atoms with van der Waals surface area (Å²) in [6, 6.07) is 3.22. The van der Waals surface area contributed by atoms with E-state index < -0.39 is 23.1 Å². The van der Waals surface area contributed by atoms with Crippen molar-refractivity contribution < 1.29 is 13.2 Å². The highest BCUT2D eigenvalue weighted by Gasteiger charge is 2.33. The van der Waals surface area contributed by atoms with Crippen LogP contribution in [0.15, 0.2) is 33.2 Å². The van der Waals surface area contributed by atoms with Gasteiger partial charge in [-0.25, -0.2) is 19.3 Å². The van der Waals surface area contributed by atoms with E-state index in [0.717, 1.165) is 11.3 Å². The molecule has 3 aromatic heterocycles. The van der Waals surface area contributed by atoms with E-state index in [2.05, 4.69) is 9.97 Å². The number of halogens is 5. The number of hydrogen-bond acceptors (Lipinski definition) is 5. The van der Waals surface area contributed by atoms with Crippen LogP contribution in [-0.4, -0.2) is 19.5 Å². The number of thiazole rings is 1. The molecular weight excluding hydrogens is 404 g/mol. The van der Waals surface area contributed by atoms with Gasteiger partial charge in [-0.2, -0.15) is 13.2 Å². The van der Waals surface area contributed by atoms with Gasteiger partial charge < -0.3 is 4.98 Å². The third-order valence-corrected chi connectivity index (χ3v) is 4.19. The van der Waals surface area contributed by atoms with Gasteiger partial charge in [0.15, 0.2) is 0 Å². The van der Waals surface area contributed by atoms with Crippen molar-refractivity contribution in [2.75, 3.05) is 0 Å². The Hall–Kier alpha value is -2.17. The summed E-state index contributed by atoms with van der Waals surface area (Å²) in [6.07, 6.45) is -4.84. The summed E-state index contributed by atoms with van der Waals surface area (Å²) in [7, 11) is 0. The van der Waals surface area contributed by atoms with Gasteiger partial charge in [0.1, 0.15) is 16.0 Å². The summed E-state index contributed by atoms with van der Waals surface area (Å²) in [5.74, 6) is 0. The van der Waals surface area contributed by atoms with E-state index in [0.29, 0.717) is 21.9 Å². The number of rotatable bonds is 2. The van der Waals surface area contributed by atoms with Crippen LogP contribution in [-0.2, 0) is 6.18 Å². The third kappa shape index (κ3) is 3.60. The van der Waals surface area contributed by atoms with Gasteiger partial charge in [-0.15, -0.1) is 11.3 Å². The molecule has 3 aromatic rings. The normalized spacial score (nSPS) is 11.7. The average molecular weight is 409 g/mol. The number of nitrogens with zero attached hydrogens (tertiary/aromatic N) is 3. The van der Waals surface area contributed by atoms with Crippen LogP contribution in [0.25, 0.3) is 16.4 Å². The molecule has 0 aliphatic carbocycles. The maximum Gasteiger partial charge on any atom is 0.431 e. The fourth-order valence-electron chi connectivity index (χ4n) is 1.94. The van der Waals surface area contributed by atoms with Gasteiger partial charge in [-0.1, -0.05) is 23.2 Å². The number of hydrogen-bond donors (Lipinski definition) is 1. The highest BCUT2D eigenvalue weighted by atomic mass is 35.5. The lowest BCUT2D eigenvalue weighted by molar-refractivity contribution is -0.141. The molecule has 25 heavy (non-hydrogen) atoms. The second kappa shape index (κ2) is 6.28. The number of nitrogens with one attached hydrogen (secondary N) is 1. The standard InChI is InChI=1S/C13H5Cl2F3N4O2S/c14-8-1-5(2-9(15)21-8)6-4-25-12(19-6)22-10(23)3-7(13(16,17)18)20-11(22)24/h1-4H,(H,20,24). The van der Waals surface area contributed by atoms with Crippen LogP contribution in [0.5, 0.6) is 0 Å². The summed E-state index contributed by atoms with van der Waals surface area (Å²) < 4.78 is 38.4. The molecule has 0 aliphatic heterocycles. The summed E-state index contributed by atoms with van der Waals surface area (Å²) in [5, 5.41) is 1.63. The molecule has 0 atom stereocenters. The fraction of sp³-hybridized carbons (Fsp3) is 0.0769. The van der Waals surface area contributed by atoms with E-state index in [4.69, 9.17) is 23.2 Å². The monoisotopic (exact) mass is 408 g/mol. The summed E-state index contributed by atoms with van der Waals surface area (Å²) in [6.45, 7) is 0. The Morgan fingerprint density at radius 2 is 1.72 bits per heavy atom. The Morgan fingerprint density at radius 3 is 2.28 bits per heavy atom. The van der Waals surface area contributed by atoms with Gasteiger partial charge in [-0.05, 0) is 12.1 Å². The Balaban J connectivity index is 2.09. The van der Waals surface area contributed by atoms with Crippen LogP contribution >= 0.6 is 34.5 Å². The van der Waals surface area contributed by atoms with Gasteiger partial charge in [0.2, 0.25) is 5.13 Å². The smallest absolute Gasteiger partial charge is 0.303 e. The van der Waals surface area contributed by atoms with Gasteiger partial charge in [-0.3, -0.25) is 4.79 Å². The predicted octanol–water partition coefficient (Wildman–Crippen LogP) is 3.37. The Morgan fingerprint density at radius 1 is 1.08 bits per heavy atom. The average Bonchev–Trinajstić information content (AvgIpc) is 2.94. The van der Waals surface area contributed by atoms with E-state index in [9.17, 15) is 22.8 Å². The van der Waals surface area contributed by atoms with Crippen LogP contribution in [0.4, 0.5) is 13.2 Å². The molecule has 0 aromatic carbocycles. The van der Waals surface area contributed by atoms with Gasteiger partial charge in [0.05, 0.1) is 5.69 Å². The minimum atomic E-state index is -4.84. The highest BCUT2D eigenvalue weighted by Crippen LogP contribution is 2.28. The van der Waals surface area contributed by atoms with E-state index >= 15 is 0 Å². The molecule has 130 valence electrons. The maximum atomic E-state index is 12.6. The minimum Gasteiger partial charge on any atom is -0.303 e. The lowest BCUT2D eigenvalue weighted by Crippen LogP contribution is -2.35. The van der Waals surface area contributed by atoms with E-state index in [1.807, 2.05) is 0 Å². The zero-order valence-corrected chi connectivity index (χ0v) is 14.1. The molecule has 1 N–H and O–H groups in total. The maximum absolute atomic E-state index is 12.6. The molecule has 0 saturated carbocycles. The largest absolute Gasteiger partial charge is 0.431 e. The molecule has 0 radical (unpaired) electrons. The van der Waals surface area contributed by atoms with Gasteiger partial charge in [0, 0.05) is 17.0 Å². The molecule has 3 rings (SSSR count). The lowest BCUT2D eigenvalue weighted by atomic mass is 10.2. The third-order valence-electron chi connectivity index (χ3n) is 2.98. The second-order valence-corrected chi connectivity index (χ2v) is 6.29. The van der Waals surface area contributed by atoms with Crippen LogP contribution in [0.1, 0.15) is 5.69 Å². The number of aromatic amines is 1. The van der Waals surface area contributed by atoms with Crippen LogP contribution in [0.3, 0.4) is 0 Å². The first kappa shape index (κ1) is 17.6. The molecular formula is C13H5Cl2F3N4O2S. The molecule has 12 heteroatoms.